The third-order valence-electron chi connectivity index (χ3n) is 6.45. The second-order valence-corrected chi connectivity index (χ2v) is 11.0. The van der Waals surface area contributed by atoms with Crippen LogP contribution < -0.4 is 19.1 Å². The minimum Gasteiger partial charge on any atom is -0.497 e. The van der Waals surface area contributed by atoms with Crippen LogP contribution in [0.3, 0.4) is 0 Å². The van der Waals surface area contributed by atoms with Gasteiger partial charge < -0.3 is 19.7 Å². The lowest BCUT2D eigenvalue weighted by Crippen LogP contribution is -2.53. The van der Waals surface area contributed by atoms with Crippen LogP contribution in [0.4, 0.5) is 5.69 Å². The zero-order valence-electron chi connectivity index (χ0n) is 22.9. The zero-order chi connectivity index (χ0) is 28.6. The lowest BCUT2D eigenvalue weighted by atomic mass is 10.0. The van der Waals surface area contributed by atoms with Gasteiger partial charge in [-0.3, -0.25) is 13.9 Å². The Morgan fingerprint density at radius 1 is 0.949 bits per heavy atom. The Morgan fingerprint density at radius 3 is 2.21 bits per heavy atom. The number of nitrogens with zero attached hydrogens (tertiary/aromatic N) is 2. The van der Waals surface area contributed by atoms with E-state index in [1.54, 1.807) is 12.1 Å². The summed E-state index contributed by atoms with van der Waals surface area (Å²) in [5.41, 5.74) is 2.81. The number of likely N-dealkylation sites (N-methyl/N-ethyl adjacent to an activating group) is 1. The van der Waals surface area contributed by atoms with Crippen molar-refractivity contribution < 1.29 is 27.5 Å². The lowest BCUT2D eigenvalue weighted by molar-refractivity contribution is -0.139. The van der Waals surface area contributed by atoms with E-state index in [0.717, 1.165) is 27.3 Å². The van der Waals surface area contributed by atoms with E-state index < -0.39 is 28.5 Å². The summed E-state index contributed by atoms with van der Waals surface area (Å²) in [6.45, 7) is 1.49. The van der Waals surface area contributed by atoms with E-state index in [1.807, 2.05) is 61.5 Å². The summed E-state index contributed by atoms with van der Waals surface area (Å²) in [4.78, 5) is 28.7. The molecule has 9 nitrogen and oxygen atoms in total. The molecule has 3 aromatic rings. The Morgan fingerprint density at radius 2 is 1.62 bits per heavy atom. The molecule has 0 unspecified atom stereocenters. The summed E-state index contributed by atoms with van der Waals surface area (Å²) in [5.74, 6) is -0.244. The van der Waals surface area contributed by atoms with E-state index in [4.69, 9.17) is 9.47 Å². The number of methoxy groups -OCH3 is 2. The van der Waals surface area contributed by atoms with Crippen LogP contribution in [0.5, 0.6) is 11.5 Å². The number of carbonyl (C=O) groups excluding carboxylic acids is 2. The molecule has 3 aromatic carbocycles. The van der Waals surface area contributed by atoms with Crippen LogP contribution in [0.2, 0.25) is 0 Å². The molecule has 208 valence electrons. The van der Waals surface area contributed by atoms with Gasteiger partial charge in [-0.1, -0.05) is 54.6 Å². The molecule has 0 aromatic heterocycles. The monoisotopic (exact) mass is 553 g/mol. The molecule has 0 aliphatic heterocycles. The molecule has 1 N–H and O–H groups in total. The molecule has 0 saturated heterocycles. The van der Waals surface area contributed by atoms with Crippen LogP contribution in [-0.4, -0.2) is 65.2 Å². The number of amides is 2. The standard InChI is InChI=1S/C29H35N3O6S/c1-21-11-9-10-14-23(21)19-31(26(29(34)30-2)17-22-12-7-6-8-13-22)28(33)20-32(39(5,35)36)25-18-24(37-3)15-16-27(25)38-4/h6-16,18,26H,17,19-20H2,1-5H3,(H,30,34)/t26-/m0/s1. The van der Waals surface area contributed by atoms with Crippen LogP contribution in [0.25, 0.3) is 0 Å². The largest absolute Gasteiger partial charge is 0.497 e. The second-order valence-electron chi connectivity index (χ2n) is 9.08. The average molecular weight is 554 g/mol. The van der Waals surface area contributed by atoms with Gasteiger partial charge in [0.2, 0.25) is 21.8 Å². The molecule has 0 spiro atoms. The van der Waals surface area contributed by atoms with Crippen molar-refractivity contribution >= 4 is 27.5 Å². The van der Waals surface area contributed by atoms with Crippen molar-refractivity contribution in [3.8, 4) is 11.5 Å². The number of aryl methyl sites for hydroxylation is 1. The predicted octanol–water partition coefficient (Wildman–Crippen LogP) is 3.16. The van der Waals surface area contributed by atoms with Crippen molar-refractivity contribution in [2.45, 2.75) is 25.9 Å². The van der Waals surface area contributed by atoms with Crippen LogP contribution in [0.15, 0.2) is 72.8 Å². The minimum absolute atomic E-state index is 0.114. The van der Waals surface area contributed by atoms with Crippen molar-refractivity contribution in [2.75, 3.05) is 38.4 Å². The zero-order valence-corrected chi connectivity index (χ0v) is 23.7. The van der Waals surface area contributed by atoms with E-state index in [-0.39, 0.29) is 30.3 Å². The number of sulfonamides is 1. The number of benzene rings is 3. The maximum atomic E-state index is 14.1. The molecular weight excluding hydrogens is 518 g/mol. The van der Waals surface area contributed by atoms with E-state index in [2.05, 4.69) is 5.32 Å². The van der Waals surface area contributed by atoms with Gasteiger partial charge in [0.15, 0.2) is 0 Å². The average Bonchev–Trinajstić information content (AvgIpc) is 2.93. The number of hydrogen-bond acceptors (Lipinski definition) is 6. The molecule has 0 fully saturated rings. The van der Waals surface area contributed by atoms with Crippen molar-refractivity contribution in [3.05, 3.63) is 89.5 Å². The van der Waals surface area contributed by atoms with Crippen molar-refractivity contribution in [3.63, 3.8) is 0 Å². The highest BCUT2D eigenvalue weighted by Crippen LogP contribution is 2.34. The lowest BCUT2D eigenvalue weighted by Gasteiger charge is -2.33. The fourth-order valence-electron chi connectivity index (χ4n) is 4.28. The van der Waals surface area contributed by atoms with Gasteiger partial charge in [-0.2, -0.15) is 0 Å². The number of anilines is 1. The molecule has 1 atom stereocenters. The molecule has 10 heteroatoms. The fourth-order valence-corrected chi connectivity index (χ4v) is 5.12. The summed E-state index contributed by atoms with van der Waals surface area (Å²) < 4.78 is 37.7. The fraction of sp³-hybridized carbons (Fsp3) is 0.310. The highest BCUT2D eigenvalue weighted by Gasteiger charge is 2.33. The molecule has 0 radical (unpaired) electrons. The molecule has 3 rings (SSSR count). The van der Waals surface area contributed by atoms with Crippen molar-refractivity contribution in [2.24, 2.45) is 0 Å². The first-order valence-corrected chi connectivity index (χ1v) is 14.2. The smallest absolute Gasteiger partial charge is 0.244 e. The van der Waals surface area contributed by atoms with Crippen LogP contribution in [0, 0.1) is 6.92 Å². The number of ether oxygens (including phenoxy) is 2. The number of nitrogens with one attached hydrogen (secondary N) is 1. The van der Waals surface area contributed by atoms with Gasteiger partial charge in [-0.25, -0.2) is 8.42 Å². The number of rotatable bonds is 12. The third-order valence-corrected chi connectivity index (χ3v) is 7.58. The molecule has 0 heterocycles. The summed E-state index contributed by atoms with van der Waals surface area (Å²) in [7, 11) is 0.446. The molecule has 39 heavy (non-hydrogen) atoms. The first-order chi connectivity index (χ1) is 18.6. The van der Waals surface area contributed by atoms with Crippen LogP contribution in [0.1, 0.15) is 16.7 Å². The Kier molecular flexibility index (Phi) is 9.95. The van der Waals surface area contributed by atoms with Gasteiger partial charge in [0.05, 0.1) is 26.2 Å². The Hall–Kier alpha value is -4.05. The highest BCUT2D eigenvalue weighted by atomic mass is 32.2. The first-order valence-electron chi connectivity index (χ1n) is 12.4. The molecule has 0 bridgehead atoms. The van der Waals surface area contributed by atoms with E-state index in [1.165, 1.54) is 32.2 Å². The summed E-state index contributed by atoms with van der Waals surface area (Å²) >= 11 is 0. The number of carbonyl (C=O) groups is 2. The topological polar surface area (TPSA) is 105 Å². The van der Waals surface area contributed by atoms with Crippen LogP contribution >= 0.6 is 0 Å². The Bertz CT molecular complexity index is 1400. The van der Waals surface area contributed by atoms with Gasteiger partial charge >= 0.3 is 0 Å². The van der Waals surface area contributed by atoms with Gasteiger partial charge in [0.25, 0.3) is 0 Å². The maximum absolute atomic E-state index is 14.1. The van der Waals surface area contributed by atoms with E-state index in [0.29, 0.717) is 5.75 Å². The van der Waals surface area contributed by atoms with Crippen LogP contribution in [-0.2, 0) is 32.6 Å². The second kappa shape index (κ2) is 13.1. The summed E-state index contributed by atoms with van der Waals surface area (Å²) in [6, 6.07) is 20.8. The number of hydrogen-bond donors (Lipinski definition) is 1. The predicted molar refractivity (Wildman–Crippen MR) is 151 cm³/mol. The molecule has 2 amide bonds. The molecule has 0 aliphatic rings. The Balaban J connectivity index is 2.09. The molecule has 0 saturated carbocycles. The normalized spacial score (nSPS) is 11.8. The van der Waals surface area contributed by atoms with Gasteiger partial charge in [0.1, 0.15) is 24.1 Å². The van der Waals surface area contributed by atoms with E-state index >= 15 is 0 Å². The van der Waals surface area contributed by atoms with Crippen molar-refractivity contribution in [1.82, 2.24) is 10.2 Å². The van der Waals surface area contributed by atoms with E-state index in [9.17, 15) is 18.0 Å². The summed E-state index contributed by atoms with van der Waals surface area (Å²) in [5, 5.41) is 2.67. The third kappa shape index (κ3) is 7.51. The SMILES string of the molecule is CNC(=O)[C@H](Cc1ccccc1)N(Cc1ccccc1C)C(=O)CN(c1cc(OC)ccc1OC)S(C)(=O)=O. The van der Waals surface area contributed by atoms with Gasteiger partial charge in [-0.05, 0) is 35.7 Å². The minimum atomic E-state index is -3.95. The van der Waals surface area contributed by atoms with Gasteiger partial charge in [0, 0.05) is 26.1 Å². The van der Waals surface area contributed by atoms with Crippen molar-refractivity contribution in [1.29, 1.82) is 0 Å². The quantitative estimate of drug-likeness (QED) is 0.370. The maximum Gasteiger partial charge on any atom is 0.244 e. The molecular formula is C29H35N3O6S. The highest BCUT2D eigenvalue weighted by molar-refractivity contribution is 7.92. The molecule has 0 aliphatic carbocycles. The Labute approximate surface area is 230 Å². The summed E-state index contributed by atoms with van der Waals surface area (Å²) in [6.07, 6.45) is 1.27. The van der Waals surface area contributed by atoms with Gasteiger partial charge in [-0.15, -0.1) is 0 Å². The first kappa shape index (κ1) is 29.5.